The molecule has 4 rings (SSSR count). The Balaban J connectivity index is 1.37. The molecule has 3 aromatic rings. The van der Waals surface area contributed by atoms with Gasteiger partial charge < -0.3 is 9.88 Å². The summed E-state index contributed by atoms with van der Waals surface area (Å²) in [5.41, 5.74) is 2.85. The highest BCUT2D eigenvalue weighted by molar-refractivity contribution is 5.94. The standard InChI is InChI=1S/C19H20N4O/c24-19(15-6-2-1-3-7-15)23-12-10-22(11-13-23)14-18-20-16-8-4-5-9-17(16)21-18/h1-9H,10-14H2,(H,20,21). The zero-order chi connectivity index (χ0) is 16.4. The number of nitrogens with one attached hydrogen (secondary N) is 1. The summed E-state index contributed by atoms with van der Waals surface area (Å²) in [4.78, 5) is 24.7. The van der Waals surface area contributed by atoms with Crippen LogP contribution < -0.4 is 0 Å². The smallest absolute Gasteiger partial charge is 0.253 e. The van der Waals surface area contributed by atoms with E-state index in [9.17, 15) is 4.79 Å². The summed E-state index contributed by atoms with van der Waals surface area (Å²) in [5, 5.41) is 0. The molecule has 0 aliphatic carbocycles. The van der Waals surface area contributed by atoms with Crippen molar-refractivity contribution in [2.24, 2.45) is 0 Å². The quantitative estimate of drug-likeness (QED) is 0.807. The fraction of sp³-hybridized carbons (Fsp3) is 0.263. The number of nitrogens with zero attached hydrogens (tertiary/aromatic N) is 3. The molecule has 1 aliphatic rings. The minimum atomic E-state index is 0.124. The Morgan fingerprint density at radius 2 is 1.67 bits per heavy atom. The molecule has 5 heteroatoms. The van der Waals surface area contributed by atoms with E-state index in [4.69, 9.17) is 0 Å². The Labute approximate surface area is 140 Å². The summed E-state index contributed by atoms with van der Waals surface area (Å²) in [6.45, 7) is 4.05. The van der Waals surface area contributed by atoms with E-state index in [0.717, 1.165) is 55.1 Å². The van der Waals surface area contributed by atoms with E-state index in [1.165, 1.54) is 0 Å². The number of carbonyl (C=O) groups is 1. The lowest BCUT2D eigenvalue weighted by Gasteiger charge is -2.34. The number of hydrogen-bond acceptors (Lipinski definition) is 3. The summed E-state index contributed by atoms with van der Waals surface area (Å²) >= 11 is 0. The summed E-state index contributed by atoms with van der Waals surface area (Å²) in [7, 11) is 0. The SMILES string of the molecule is O=C(c1ccccc1)N1CCN(Cc2nc3ccccc3[nH]2)CC1. The molecule has 1 saturated heterocycles. The Kier molecular flexibility index (Phi) is 4.01. The Bertz CT molecular complexity index is 802. The van der Waals surface area contributed by atoms with Gasteiger partial charge in [-0.05, 0) is 24.3 Å². The molecule has 5 nitrogen and oxygen atoms in total. The van der Waals surface area contributed by atoms with Gasteiger partial charge >= 0.3 is 0 Å². The molecule has 0 unspecified atom stereocenters. The van der Waals surface area contributed by atoms with E-state index in [1.54, 1.807) is 0 Å². The molecule has 0 radical (unpaired) electrons. The number of H-pyrrole nitrogens is 1. The van der Waals surface area contributed by atoms with E-state index in [1.807, 2.05) is 59.5 Å². The molecular weight excluding hydrogens is 300 g/mol. The normalized spacial score (nSPS) is 15.8. The number of hydrogen-bond donors (Lipinski definition) is 1. The van der Waals surface area contributed by atoms with Gasteiger partial charge in [0.2, 0.25) is 0 Å². The first-order chi connectivity index (χ1) is 11.8. The van der Waals surface area contributed by atoms with E-state index < -0.39 is 0 Å². The van der Waals surface area contributed by atoms with Crippen LogP contribution in [0.25, 0.3) is 11.0 Å². The van der Waals surface area contributed by atoms with Gasteiger partial charge in [0.05, 0.1) is 17.6 Å². The molecule has 2 heterocycles. The monoisotopic (exact) mass is 320 g/mol. The Morgan fingerprint density at radius 3 is 2.42 bits per heavy atom. The number of fused-ring (bicyclic) bond motifs is 1. The molecule has 24 heavy (non-hydrogen) atoms. The maximum absolute atomic E-state index is 12.5. The van der Waals surface area contributed by atoms with Crippen LogP contribution >= 0.6 is 0 Å². The molecule has 0 bridgehead atoms. The minimum absolute atomic E-state index is 0.124. The first-order valence-electron chi connectivity index (χ1n) is 8.30. The van der Waals surface area contributed by atoms with Crippen molar-refractivity contribution in [2.45, 2.75) is 6.54 Å². The molecular formula is C19H20N4O. The highest BCUT2D eigenvalue weighted by Gasteiger charge is 2.22. The molecule has 1 amide bonds. The number of imidazole rings is 1. The number of aromatic nitrogens is 2. The van der Waals surface area contributed by atoms with E-state index >= 15 is 0 Å². The summed E-state index contributed by atoms with van der Waals surface area (Å²) in [5.74, 6) is 1.11. The topological polar surface area (TPSA) is 52.2 Å². The van der Waals surface area contributed by atoms with Gasteiger partial charge in [0.25, 0.3) is 5.91 Å². The number of rotatable bonds is 3. The maximum atomic E-state index is 12.5. The molecule has 122 valence electrons. The van der Waals surface area contributed by atoms with Crippen LogP contribution in [0.5, 0.6) is 0 Å². The van der Waals surface area contributed by atoms with Crippen molar-refractivity contribution in [3.05, 3.63) is 66.0 Å². The molecule has 0 saturated carbocycles. The van der Waals surface area contributed by atoms with E-state index in [2.05, 4.69) is 14.9 Å². The van der Waals surface area contributed by atoms with Crippen molar-refractivity contribution in [3.8, 4) is 0 Å². The highest BCUT2D eigenvalue weighted by Crippen LogP contribution is 2.14. The number of carbonyl (C=O) groups excluding carboxylic acids is 1. The number of aromatic amines is 1. The zero-order valence-corrected chi connectivity index (χ0v) is 13.5. The lowest BCUT2D eigenvalue weighted by molar-refractivity contribution is 0.0626. The molecule has 1 fully saturated rings. The predicted octanol–water partition coefficient (Wildman–Crippen LogP) is 2.52. The molecule has 2 aromatic carbocycles. The van der Waals surface area contributed by atoms with Crippen LogP contribution in [-0.2, 0) is 6.54 Å². The van der Waals surface area contributed by atoms with Crippen LogP contribution in [0.1, 0.15) is 16.2 Å². The first kappa shape index (κ1) is 14.9. The van der Waals surface area contributed by atoms with Gasteiger partial charge in [-0.1, -0.05) is 30.3 Å². The van der Waals surface area contributed by atoms with Crippen molar-refractivity contribution >= 4 is 16.9 Å². The highest BCUT2D eigenvalue weighted by atomic mass is 16.2. The number of benzene rings is 2. The second-order valence-electron chi connectivity index (χ2n) is 6.14. The van der Waals surface area contributed by atoms with Gasteiger partial charge in [0, 0.05) is 31.7 Å². The first-order valence-corrected chi connectivity index (χ1v) is 8.30. The second-order valence-corrected chi connectivity index (χ2v) is 6.14. The minimum Gasteiger partial charge on any atom is -0.341 e. The van der Waals surface area contributed by atoms with Gasteiger partial charge in [-0.25, -0.2) is 4.98 Å². The molecule has 1 N–H and O–H groups in total. The molecule has 1 aliphatic heterocycles. The van der Waals surface area contributed by atoms with Crippen molar-refractivity contribution < 1.29 is 4.79 Å². The third kappa shape index (κ3) is 3.03. The van der Waals surface area contributed by atoms with Crippen LogP contribution in [0.4, 0.5) is 0 Å². The number of piperazine rings is 1. The fourth-order valence-electron chi connectivity index (χ4n) is 3.16. The second kappa shape index (κ2) is 6.45. The fourth-order valence-corrected chi connectivity index (χ4v) is 3.16. The summed E-state index contributed by atoms with van der Waals surface area (Å²) in [6.07, 6.45) is 0. The lowest BCUT2D eigenvalue weighted by Crippen LogP contribution is -2.48. The average molecular weight is 320 g/mol. The maximum Gasteiger partial charge on any atom is 0.253 e. The Hall–Kier alpha value is -2.66. The van der Waals surface area contributed by atoms with Gasteiger partial charge in [-0.3, -0.25) is 9.69 Å². The molecule has 1 aromatic heterocycles. The van der Waals surface area contributed by atoms with Crippen LogP contribution in [0.2, 0.25) is 0 Å². The van der Waals surface area contributed by atoms with Crippen molar-refractivity contribution in [1.82, 2.24) is 19.8 Å². The Morgan fingerprint density at radius 1 is 0.958 bits per heavy atom. The van der Waals surface area contributed by atoms with Gasteiger partial charge in [0.15, 0.2) is 0 Å². The van der Waals surface area contributed by atoms with E-state index in [-0.39, 0.29) is 5.91 Å². The van der Waals surface area contributed by atoms with Gasteiger partial charge in [-0.15, -0.1) is 0 Å². The van der Waals surface area contributed by atoms with Crippen molar-refractivity contribution in [1.29, 1.82) is 0 Å². The van der Waals surface area contributed by atoms with Gasteiger partial charge in [-0.2, -0.15) is 0 Å². The predicted molar refractivity (Wildman–Crippen MR) is 93.7 cm³/mol. The third-order valence-corrected chi connectivity index (χ3v) is 4.49. The van der Waals surface area contributed by atoms with Gasteiger partial charge in [0.1, 0.15) is 5.82 Å². The van der Waals surface area contributed by atoms with Crippen LogP contribution in [0.3, 0.4) is 0 Å². The van der Waals surface area contributed by atoms with Crippen molar-refractivity contribution in [2.75, 3.05) is 26.2 Å². The average Bonchev–Trinajstić information content (AvgIpc) is 3.05. The van der Waals surface area contributed by atoms with Crippen LogP contribution in [0, 0.1) is 0 Å². The van der Waals surface area contributed by atoms with Crippen molar-refractivity contribution in [3.63, 3.8) is 0 Å². The summed E-state index contributed by atoms with van der Waals surface area (Å²) in [6, 6.07) is 17.6. The van der Waals surface area contributed by atoms with E-state index in [0.29, 0.717) is 0 Å². The van der Waals surface area contributed by atoms with Crippen LogP contribution in [0.15, 0.2) is 54.6 Å². The number of amides is 1. The number of para-hydroxylation sites is 2. The summed E-state index contributed by atoms with van der Waals surface area (Å²) < 4.78 is 0. The zero-order valence-electron chi connectivity index (χ0n) is 13.5. The third-order valence-electron chi connectivity index (χ3n) is 4.49. The lowest BCUT2D eigenvalue weighted by atomic mass is 10.2. The molecule has 0 atom stereocenters. The molecule has 0 spiro atoms. The van der Waals surface area contributed by atoms with Crippen LogP contribution in [-0.4, -0.2) is 51.9 Å². The largest absolute Gasteiger partial charge is 0.341 e.